The van der Waals surface area contributed by atoms with Crippen molar-refractivity contribution in [3.63, 3.8) is 0 Å². The van der Waals surface area contributed by atoms with Gasteiger partial charge in [-0.25, -0.2) is 4.98 Å². The second-order valence-electron chi connectivity index (χ2n) is 2.41. The molecule has 1 aromatic rings. The Labute approximate surface area is 71.4 Å². The molecule has 1 heterocycles. The van der Waals surface area contributed by atoms with Crippen LogP contribution in [0.15, 0.2) is 12.1 Å². The van der Waals surface area contributed by atoms with Crippen molar-refractivity contribution >= 4 is 5.78 Å². The first-order chi connectivity index (χ1) is 5.65. The van der Waals surface area contributed by atoms with Gasteiger partial charge in [0, 0.05) is 18.6 Å². The average molecular weight is 164 g/mol. The van der Waals surface area contributed by atoms with E-state index in [4.69, 9.17) is 4.74 Å². The van der Waals surface area contributed by atoms with Crippen molar-refractivity contribution < 1.29 is 9.53 Å². The maximum absolute atomic E-state index is 10.9. The summed E-state index contributed by atoms with van der Waals surface area (Å²) in [6, 6.07) is 3.31. The largest absolute Gasteiger partial charge is 0.481 e. The molecule has 0 aliphatic heterocycles. The molecule has 63 valence electrons. The molecule has 0 aromatic carbocycles. The smallest absolute Gasteiger partial charge is 0.213 e. The zero-order valence-electron chi connectivity index (χ0n) is 7.13. The number of carbonyl (C=O) groups excluding carboxylic acids is 1. The first kappa shape index (κ1) is 8.71. The summed E-state index contributed by atoms with van der Waals surface area (Å²) in [5, 5.41) is 0. The highest BCUT2D eigenvalue weighted by molar-refractivity contribution is 6.00. The molecule has 1 aromatic heterocycles. The van der Waals surface area contributed by atoms with Crippen LogP contribution in [-0.2, 0) is 0 Å². The second-order valence-corrected chi connectivity index (χ2v) is 2.41. The molecule has 0 atom stereocenters. The number of ketones is 1. The number of hydrogen-bond acceptors (Lipinski definition) is 3. The Morgan fingerprint density at radius 1 is 1.58 bits per heavy atom. The lowest BCUT2D eigenvalue weighted by molar-refractivity contribution is 0.104. The van der Waals surface area contributed by atoms with Crippen LogP contribution in [-0.4, -0.2) is 17.9 Å². The fraction of sp³-hybridized carbons (Fsp3) is 0.222. The quantitative estimate of drug-likeness (QED) is 0.620. The third-order valence-corrected chi connectivity index (χ3v) is 1.57. The summed E-state index contributed by atoms with van der Waals surface area (Å²) in [7, 11) is 1.54. The number of methoxy groups -OCH3 is 1. The van der Waals surface area contributed by atoms with Crippen LogP contribution >= 0.6 is 0 Å². The molecule has 1 rings (SSSR count). The number of aryl methyl sites for hydroxylation is 1. The molecule has 0 saturated heterocycles. The van der Waals surface area contributed by atoms with Crippen molar-refractivity contribution in [3.8, 4) is 5.88 Å². The van der Waals surface area contributed by atoms with Gasteiger partial charge in [0.25, 0.3) is 0 Å². The number of ether oxygens (including phenoxy) is 1. The zero-order chi connectivity index (χ0) is 9.14. The van der Waals surface area contributed by atoms with Crippen LogP contribution in [0.25, 0.3) is 0 Å². The monoisotopic (exact) mass is 164 g/mol. The standard InChI is InChI=1S/C9H10NO2/c1-6-8(7(2)11)4-5-9(10-6)12-3/h4-5H,2H2,1,3H3. The number of carbonyl (C=O) groups is 1. The van der Waals surface area contributed by atoms with E-state index in [0.29, 0.717) is 17.1 Å². The summed E-state index contributed by atoms with van der Waals surface area (Å²) >= 11 is 0. The Kier molecular flexibility index (Phi) is 2.43. The Morgan fingerprint density at radius 3 is 2.67 bits per heavy atom. The van der Waals surface area contributed by atoms with Gasteiger partial charge in [-0.05, 0) is 13.0 Å². The number of nitrogens with zero attached hydrogens (tertiary/aromatic N) is 1. The SMILES string of the molecule is [CH2]C(=O)c1ccc(OC)nc1C. The van der Waals surface area contributed by atoms with Gasteiger partial charge in [-0.15, -0.1) is 0 Å². The van der Waals surface area contributed by atoms with E-state index in [-0.39, 0.29) is 5.78 Å². The average Bonchev–Trinajstić information content (AvgIpc) is 2.03. The van der Waals surface area contributed by atoms with Gasteiger partial charge in [-0.3, -0.25) is 4.79 Å². The molecule has 0 aliphatic carbocycles. The minimum absolute atomic E-state index is 0.220. The molecule has 0 spiro atoms. The van der Waals surface area contributed by atoms with Crippen molar-refractivity contribution in [2.45, 2.75) is 6.92 Å². The molecule has 0 unspecified atom stereocenters. The molecule has 0 bridgehead atoms. The Bertz CT molecular complexity index is 307. The van der Waals surface area contributed by atoms with E-state index < -0.39 is 0 Å². The van der Waals surface area contributed by atoms with Crippen LogP contribution < -0.4 is 4.74 Å². The Hall–Kier alpha value is -1.38. The first-order valence-corrected chi connectivity index (χ1v) is 3.53. The Morgan fingerprint density at radius 2 is 2.25 bits per heavy atom. The molecule has 0 saturated carbocycles. The molecule has 0 fully saturated rings. The van der Waals surface area contributed by atoms with Gasteiger partial charge in [-0.2, -0.15) is 0 Å². The van der Waals surface area contributed by atoms with E-state index in [9.17, 15) is 4.79 Å². The molecule has 0 amide bonds. The fourth-order valence-electron chi connectivity index (χ4n) is 0.946. The highest BCUT2D eigenvalue weighted by Gasteiger charge is 2.05. The van der Waals surface area contributed by atoms with Crippen molar-refractivity contribution in [1.29, 1.82) is 0 Å². The number of pyridine rings is 1. The van der Waals surface area contributed by atoms with Crippen LogP contribution in [0.3, 0.4) is 0 Å². The van der Waals surface area contributed by atoms with Crippen molar-refractivity contribution in [3.05, 3.63) is 30.3 Å². The maximum atomic E-state index is 10.9. The number of aromatic nitrogens is 1. The summed E-state index contributed by atoms with van der Waals surface area (Å²) in [6.07, 6.45) is 0. The topological polar surface area (TPSA) is 39.2 Å². The lowest BCUT2D eigenvalue weighted by atomic mass is 10.1. The summed E-state index contributed by atoms with van der Waals surface area (Å²) in [6.45, 7) is 5.06. The molecule has 0 N–H and O–H groups in total. The van der Waals surface area contributed by atoms with Crippen molar-refractivity contribution in [2.24, 2.45) is 0 Å². The molecule has 1 radical (unpaired) electrons. The van der Waals surface area contributed by atoms with Crippen molar-refractivity contribution in [1.82, 2.24) is 4.98 Å². The van der Waals surface area contributed by atoms with Gasteiger partial charge in [-0.1, -0.05) is 0 Å². The van der Waals surface area contributed by atoms with E-state index in [1.165, 1.54) is 7.11 Å². The van der Waals surface area contributed by atoms with Gasteiger partial charge in [0.1, 0.15) is 0 Å². The molecule has 3 nitrogen and oxygen atoms in total. The molecule has 12 heavy (non-hydrogen) atoms. The minimum Gasteiger partial charge on any atom is -0.481 e. The van der Waals surface area contributed by atoms with Crippen LogP contribution in [0.5, 0.6) is 5.88 Å². The highest BCUT2D eigenvalue weighted by Crippen LogP contribution is 2.11. The van der Waals surface area contributed by atoms with E-state index >= 15 is 0 Å². The number of Topliss-reactive ketones (excluding diaryl/α,β-unsaturated/α-hetero) is 1. The Balaban J connectivity index is 3.12. The van der Waals surface area contributed by atoms with Crippen LogP contribution in [0.1, 0.15) is 16.1 Å². The second kappa shape index (κ2) is 3.34. The normalized spacial score (nSPS) is 9.58. The third-order valence-electron chi connectivity index (χ3n) is 1.57. The summed E-state index contributed by atoms with van der Waals surface area (Å²) in [4.78, 5) is 14.9. The number of hydrogen-bond donors (Lipinski definition) is 0. The van der Waals surface area contributed by atoms with Gasteiger partial charge in [0.05, 0.1) is 12.8 Å². The van der Waals surface area contributed by atoms with E-state index in [0.717, 1.165) is 0 Å². The summed E-state index contributed by atoms with van der Waals surface area (Å²) < 4.78 is 4.89. The lowest BCUT2D eigenvalue weighted by Gasteiger charge is -2.02. The molecule has 3 heteroatoms. The molecule has 0 aliphatic rings. The van der Waals surface area contributed by atoms with Crippen LogP contribution in [0, 0.1) is 13.8 Å². The lowest BCUT2D eigenvalue weighted by Crippen LogP contribution is -1.99. The fourth-order valence-corrected chi connectivity index (χ4v) is 0.946. The first-order valence-electron chi connectivity index (χ1n) is 3.53. The minimum atomic E-state index is -0.220. The van der Waals surface area contributed by atoms with E-state index in [2.05, 4.69) is 11.9 Å². The van der Waals surface area contributed by atoms with Crippen molar-refractivity contribution in [2.75, 3.05) is 7.11 Å². The van der Waals surface area contributed by atoms with Gasteiger partial charge in [0.15, 0.2) is 5.78 Å². The highest BCUT2D eigenvalue weighted by atomic mass is 16.5. The summed E-state index contributed by atoms with van der Waals surface area (Å²) in [5.74, 6) is 0.292. The molecular weight excluding hydrogens is 154 g/mol. The van der Waals surface area contributed by atoms with E-state index in [1.54, 1.807) is 19.1 Å². The van der Waals surface area contributed by atoms with Crippen LogP contribution in [0.4, 0.5) is 0 Å². The third kappa shape index (κ3) is 1.61. The van der Waals surface area contributed by atoms with Gasteiger partial charge in [0.2, 0.25) is 5.88 Å². The molecular formula is C9H10NO2. The maximum Gasteiger partial charge on any atom is 0.213 e. The predicted molar refractivity (Wildman–Crippen MR) is 45.2 cm³/mol. The van der Waals surface area contributed by atoms with E-state index in [1.807, 2.05) is 0 Å². The van der Waals surface area contributed by atoms with Crippen LogP contribution in [0.2, 0.25) is 0 Å². The zero-order valence-corrected chi connectivity index (χ0v) is 7.13. The van der Waals surface area contributed by atoms with Gasteiger partial charge >= 0.3 is 0 Å². The summed E-state index contributed by atoms with van der Waals surface area (Å²) in [5.41, 5.74) is 1.19. The predicted octanol–water partition coefficient (Wildman–Crippen LogP) is 1.42. The van der Waals surface area contributed by atoms with Gasteiger partial charge < -0.3 is 4.74 Å². The number of rotatable bonds is 2.